The molecule has 40 heavy (non-hydrogen) atoms. The molecule has 1 saturated heterocycles. The van der Waals surface area contributed by atoms with Gasteiger partial charge >= 0.3 is 0 Å². The highest BCUT2D eigenvalue weighted by atomic mass is 32.1. The highest BCUT2D eigenvalue weighted by molar-refractivity contribution is 7.13. The number of carbonyl (C=O) groups excluding carboxylic acids is 1. The Labute approximate surface area is 237 Å². The first-order valence-corrected chi connectivity index (χ1v) is 14.1. The van der Waals surface area contributed by atoms with Gasteiger partial charge in [0.1, 0.15) is 17.3 Å². The lowest BCUT2D eigenvalue weighted by Gasteiger charge is -2.38. The first kappa shape index (κ1) is 27.6. The van der Waals surface area contributed by atoms with Crippen molar-refractivity contribution >= 4 is 34.7 Å². The number of nitrogen functional groups attached to an aromatic ring is 1. The summed E-state index contributed by atoms with van der Waals surface area (Å²) in [4.78, 5) is 27.7. The maximum absolute atomic E-state index is 13.2. The van der Waals surface area contributed by atoms with Crippen molar-refractivity contribution in [3.63, 3.8) is 0 Å². The molecule has 1 aliphatic rings. The van der Waals surface area contributed by atoms with Gasteiger partial charge in [0.05, 0.1) is 25.0 Å². The first-order valence-electron chi connectivity index (χ1n) is 13.2. The highest BCUT2D eigenvalue weighted by Gasteiger charge is 2.23. The van der Waals surface area contributed by atoms with Crippen LogP contribution in [0.15, 0.2) is 78.4 Å². The number of nitrogens with zero attached hydrogens (tertiary/aromatic N) is 4. The number of anilines is 2. The number of rotatable bonds is 10. The van der Waals surface area contributed by atoms with Crippen molar-refractivity contribution in [3.05, 3.63) is 101 Å². The van der Waals surface area contributed by atoms with Gasteiger partial charge in [-0.15, -0.1) is 11.3 Å². The number of Topliss-reactive ketones (excluding diaryl/α,β-unsaturated/α-hetero) is 1. The maximum Gasteiger partial charge on any atom is 0.187 e. The summed E-state index contributed by atoms with van der Waals surface area (Å²) in [7, 11) is 1.70. The molecule has 1 fully saturated rings. The summed E-state index contributed by atoms with van der Waals surface area (Å²) in [6.07, 6.45) is 7.51. The number of hydrogen-bond donors (Lipinski definition) is 1. The zero-order chi connectivity index (χ0) is 27.9. The summed E-state index contributed by atoms with van der Waals surface area (Å²) in [5.41, 5.74) is 9.88. The molecule has 0 amide bonds. The molecule has 0 aliphatic carbocycles. The van der Waals surface area contributed by atoms with E-state index in [9.17, 15) is 9.18 Å². The molecular formula is C31H32FN5O2S. The van der Waals surface area contributed by atoms with Crippen molar-refractivity contribution in [2.24, 2.45) is 0 Å². The first-order chi connectivity index (χ1) is 19.5. The van der Waals surface area contributed by atoms with Crippen molar-refractivity contribution in [2.45, 2.75) is 12.5 Å². The van der Waals surface area contributed by atoms with E-state index >= 15 is 0 Å². The monoisotopic (exact) mass is 557 g/mol. The largest absolute Gasteiger partial charge is 0.398 e. The summed E-state index contributed by atoms with van der Waals surface area (Å²) in [5, 5.41) is 2.03. The second kappa shape index (κ2) is 13.0. The summed E-state index contributed by atoms with van der Waals surface area (Å²) < 4.78 is 18.7. The van der Waals surface area contributed by atoms with Crippen LogP contribution in [0, 0.1) is 5.82 Å². The average Bonchev–Trinajstić information content (AvgIpc) is 3.53. The number of hydrogen-bond acceptors (Lipinski definition) is 8. The summed E-state index contributed by atoms with van der Waals surface area (Å²) in [6.45, 7) is 3.76. The molecule has 0 saturated carbocycles. The third-order valence-electron chi connectivity index (χ3n) is 7.05. The summed E-state index contributed by atoms with van der Waals surface area (Å²) in [6, 6.07) is 16.4. The summed E-state index contributed by atoms with van der Waals surface area (Å²) >= 11 is 1.65. The smallest absolute Gasteiger partial charge is 0.187 e. The van der Waals surface area contributed by atoms with Crippen molar-refractivity contribution < 1.29 is 13.9 Å². The lowest BCUT2D eigenvalue weighted by Crippen LogP contribution is -2.51. The number of ketones is 1. The Morgan fingerprint density at radius 3 is 2.58 bits per heavy atom. The second-order valence-corrected chi connectivity index (χ2v) is 10.7. The van der Waals surface area contributed by atoms with E-state index < -0.39 is 0 Å². The van der Waals surface area contributed by atoms with Crippen molar-refractivity contribution in [2.75, 3.05) is 50.5 Å². The van der Waals surface area contributed by atoms with Gasteiger partial charge in [0, 0.05) is 50.3 Å². The van der Waals surface area contributed by atoms with E-state index in [2.05, 4.69) is 25.8 Å². The minimum atomic E-state index is -0.244. The number of benzene rings is 2. The zero-order valence-electron chi connectivity index (χ0n) is 22.4. The Morgan fingerprint density at radius 2 is 1.90 bits per heavy atom. The van der Waals surface area contributed by atoms with Crippen LogP contribution in [0.5, 0.6) is 0 Å². The number of aromatic nitrogens is 2. The number of thiophene rings is 1. The average molecular weight is 558 g/mol. The molecule has 9 heteroatoms. The Kier molecular flexibility index (Phi) is 8.95. The van der Waals surface area contributed by atoms with Crippen molar-refractivity contribution in [3.8, 4) is 10.4 Å². The molecule has 2 aromatic heterocycles. The van der Waals surface area contributed by atoms with Crippen LogP contribution in [0.4, 0.5) is 15.9 Å². The fourth-order valence-corrected chi connectivity index (χ4v) is 5.50. The number of piperazine rings is 1. The Hall–Kier alpha value is -3.92. The molecule has 3 heterocycles. The molecule has 2 N–H and O–H groups in total. The van der Waals surface area contributed by atoms with Crippen LogP contribution in [0.1, 0.15) is 21.6 Å². The predicted molar refractivity (Wildman–Crippen MR) is 159 cm³/mol. The number of carbonyl (C=O) groups is 1. The quantitative estimate of drug-likeness (QED) is 0.212. The van der Waals surface area contributed by atoms with Crippen LogP contribution in [-0.4, -0.2) is 66.6 Å². The summed E-state index contributed by atoms with van der Waals surface area (Å²) in [5.74, 6) is 0.390. The van der Waals surface area contributed by atoms with E-state index in [4.69, 9.17) is 10.5 Å². The molecule has 0 spiro atoms. The number of ether oxygens (including phenoxy) is 1. The minimum Gasteiger partial charge on any atom is -0.398 e. The molecule has 206 valence electrons. The van der Waals surface area contributed by atoms with Crippen LogP contribution < -0.4 is 10.6 Å². The van der Waals surface area contributed by atoms with Gasteiger partial charge in [0.15, 0.2) is 5.78 Å². The van der Waals surface area contributed by atoms with E-state index in [1.807, 2.05) is 41.8 Å². The van der Waals surface area contributed by atoms with Gasteiger partial charge in [-0.1, -0.05) is 36.4 Å². The third kappa shape index (κ3) is 6.80. The molecule has 1 atom stereocenters. The molecule has 1 aliphatic heterocycles. The normalized spacial score (nSPS) is 15.0. The molecule has 5 rings (SSSR count). The number of nitrogens with two attached hydrogens (primary N) is 1. The van der Waals surface area contributed by atoms with Gasteiger partial charge < -0.3 is 15.4 Å². The SMILES string of the molecule is COCC(/C=C/c1ccc(F)cc1)N1CCN(c2cnc(C(=O)Cc3cc(-c4cccs4)ccc3N)cn2)CC1. The topological polar surface area (TPSA) is 84.6 Å². The van der Waals surface area contributed by atoms with E-state index in [1.165, 1.54) is 12.1 Å². The fraction of sp³-hybridized carbons (Fsp3) is 0.258. The molecule has 2 aromatic carbocycles. The van der Waals surface area contributed by atoms with E-state index in [-0.39, 0.29) is 24.1 Å². The number of methoxy groups -OCH3 is 1. The third-order valence-corrected chi connectivity index (χ3v) is 7.97. The Balaban J connectivity index is 1.18. The molecule has 1 unspecified atom stereocenters. The Bertz CT molecular complexity index is 1430. The van der Waals surface area contributed by atoms with Gasteiger partial charge in [-0.2, -0.15) is 0 Å². The van der Waals surface area contributed by atoms with E-state index in [0.29, 0.717) is 18.0 Å². The Morgan fingerprint density at radius 1 is 1.10 bits per heavy atom. The molecule has 7 nitrogen and oxygen atoms in total. The van der Waals surface area contributed by atoms with Crippen LogP contribution in [0.2, 0.25) is 0 Å². The van der Waals surface area contributed by atoms with Crippen LogP contribution >= 0.6 is 11.3 Å². The van der Waals surface area contributed by atoms with Crippen molar-refractivity contribution in [1.82, 2.24) is 14.9 Å². The minimum absolute atomic E-state index is 0.106. The van der Waals surface area contributed by atoms with Gasteiger partial charge in [0.2, 0.25) is 0 Å². The van der Waals surface area contributed by atoms with Crippen LogP contribution in [-0.2, 0) is 11.2 Å². The zero-order valence-corrected chi connectivity index (χ0v) is 23.2. The molecule has 0 radical (unpaired) electrons. The van der Waals surface area contributed by atoms with Gasteiger partial charge in [-0.25, -0.2) is 14.4 Å². The standard InChI is InChI=1S/C31H32FN5O2S/c1-39-21-26(10-6-22-4-8-25(32)9-5-22)36-12-14-37(15-13-36)31-20-34-28(19-35-31)29(38)18-24-17-23(7-11-27(24)33)30-3-2-16-40-30/h2-11,16-17,19-20,26H,12-15,18,21,33H2,1H3/b10-6+. The van der Waals surface area contributed by atoms with Crippen LogP contribution in [0.3, 0.4) is 0 Å². The number of halogens is 1. The molecule has 4 aromatic rings. The molecule has 0 bridgehead atoms. The van der Waals surface area contributed by atoms with Crippen molar-refractivity contribution in [1.29, 1.82) is 0 Å². The highest BCUT2D eigenvalue weighted by Crippen LogP contribution is 2.28. The fourth-order valence-electron chi connectivity index (χ4n) is 4.78. The van der Waals surface area contributed by atoms with E-state index in [0.717, 1.165) is 53.6 Å². The maximum atomic E-state index is 13.2. The lowest BCUT2D eigenvalue weighted by molar-refractivity contribution is 0.0988. The van der Waals surface area contributed by atoms with E-state index in [1.54, 1.807) is 43.0 Å². The van der Waals surface area contributed by atoms with Gasteiger partial charge in [0.25, 0.3) is 0 Å². The second-order valence-electron chi connectivity index (χ2n) is 9.71. The molecular weight excluding hydrogens is 525 g/mol. The predicted octanol–water partition coefficient (Wildman–Crippen LogP) is 5.20. The lowest BCUT2D eigenvalue weighted by atomic mass is 10.0. The van der Waals surface area contributed by atoms with Crippen LogP contribution in [0.25, 0.3) is 16.5 Å². The van der Waals surface area contributed by atoms with Gasteiger partial charge in [-0.3, -0.25) is 9.69 Å². The van der Waals surface area contributed by atoms with Gasteiger partial charge in [-0.05, 0) is 52.4 Å².